The van der Waals surface area contributed by atoms with Gasteiger partial charge in [-0.05, 0) is 43.4 Å². The fraction of sp³-hybridized carbons (Fsp3) is 0.647. The van der Waals surface area contributed by atoms with E-state index in [1.807, 2.05) is 18.2 Å². The second kappa shape index (κ2) is 8.25. The van der Waals surface area contributed by atoms with Crippen molar-refractivity contribution in [2.24, 2.45) is 5.41 Å². The Hall–Kier alpha value is -1.26. The number of rotatable bonds is 9. The molecule has 0 saturated heterocycles. The highest BCUT2D eigenvalue weighted by Crippen LogP contribution is 2.30. The van der Waals surface area contributed by atoms with Crippen LogP contribution in [-0.2, 0) is 0 Å². The van der Waals surface area contributed by atoms with Crippen molar-refractivity contribution in [3.63, 3.8) is 0 Å². The van der Waals surface area contributed by atoms with Gasteiger partial charge in [0.05, 0.1) is 14.2 Å². The van der Waals surface area contributed by atoms with E-state index in [0.717, 1.165) is 36.4 Å². The van der Waals surface area contributed by atoms with Crippen LogP contribution in [0.5, 0.6) is 11.5 Å². The molecule has 120 valence electrons. The fourth-order valence-electron chi connectivity index (χ4n) is 2.36. The van der Waals surface area contributed by atoms with E-state index in [2.05, 4.69) is 26.1 Å². The number of aliphatic hydroxyl groups excluding tert-OH is 1. The maximum Gasteiger partial charge on any atom is 0.123 e. The maximum absolute atomic E-state index is 8.96. The first-order valence-electron chi connectivity index (χ1n) is 7.49. The van der Waals surface area contributed by atoms with Gasteiger partial charge in [-0.25, -0.2) is 0 Å². The van der Waals surface area contributed by atoms with Gasteiger partial charge < -0.3 is 19.9 Å². The Morgan fingerprint density at radius 2 is 1.95 bits per heavy atom. The van der Waals surface area contributed by atoms with Crippen LogP contribution in [0.3, 0.4) is 0 Å². The monoisotopic (exact) mass is 295 g/mol. The SMILES string of the molecule is COc1ccc(OC)c(C(C)NCC(C)(C)CCCO)c1. The Balaban J connectivity index is 2.72. The molecule has 4 heteroatoms. The van der Waals surface area contributed by atoms with Gasteiger partial charge in [0.25, 0.3) is 0 Å². The molecule has 0 heterocycles. The lowest BCUT2D eigenvalue weighted by Gasteiger charge is -2.27. The molecule has 1 rings (SSSR count). The lowest BCUT2D eigenvalue weighted by atomic mass is 9.87. The molecule has 0 fully saturated rings. The molecule has 1 aromatic rings. The summed E-state index contributed by atoms with van der Waals surface area (Å²) < 4.78 is 10.7. The molecule has 1 atom stereocenters. The first kappa shape index (κ1) is 17.8. The van der Waals surface area contributed by atoms with Gasteiger partial charge in [-0.1, -0.05) is 13.8 Å². The van der Waals surface area contributed by atoms with Crippen molar-refractivity contribution in [3.8, 4) is 11.5 Å². The Morgan fingerprint density at radius 3 is 2.52 bits per heavy atom. The summed E-state index contributed by atoms with van der Waals surface area (Å²) in [5, 5.41) is 12.5. The Morgan fingerprint density at radius 1 is 1.24 bits per heavy atom. The molecule has 0 aliphatic heterocycles. The van der Waals surface area contributed by atoms with E-state index >= 15 is 0 Å². The molecule has 0 aliphatic carbocycles. The second-order valence-corrected chi connectivity index (χ2v) is 6.20. The van der Waals surface area contributed by atoms with Crippen molar-refractivity contribution in [1.29, 1.82) is 0 Å². The van der Waals surface area contributed by atoms with Crippen LogP contribution in [0.2, 0.25) is 0 Å². The molecule has 0 bridgehead atoms. The quantitative estimate of drug-likeness (QED) is 0.735. The number of hydrogen-bond donors (Lipinski definition) is 2. The topological polar surface area (TPSA) is 50.7 Å². The van der Waals surface area contributed by atoms with Gasteiger partial charge in [-0.15, -0.1) is 0 Å². The van der Waals surface area contributed by atoms with Gasteiger partial charge >= 0.3 is 0 Å². The minimum atomic E-state index is 0.156. The van der Waals surface area contributed by atoms with Crippen molar-refractivity contribution in [2.75, 3.05) is 27.4 Å². The van der Waals surface area contributed by atoms with Crippen LogP contribution in [0.4, 0.5) is 0 Å². The van der Waals surface area contributed by atoms with Crippen molar-refractivity contribution in [1.82, 2.24) is 5.32 Å². The third-order valence-electron chi connectivity index (χ3n) is 3.80. The molecular weight excluding hydrogens is 266 g/mol. The molecule has 0 saturated carbocycles. The number of nitrogens with one attached hydrogen (secondary N) is 1. The van der Waals surface area contributed by atoms with Crippen LogP contribution >= 0.6 is 0 Å². The van der Waals surface area contributed by atoms with Crippen LogP contribution in [0.25, 0.3) is 0 Å². The van der Waals surface area contributed by atoms with Crippen molar-refractivity contribution >= 4 is 0 Å². The van der Waals surface area contributed by atoms with E-state index in [0.29, 0.717) is 0 Å². The van der Waals surface area contributed by atoms with Crippen molar-refractivity contribution < 1.29 is 14.6 Å². The van der Waals surface area contributed by atoms with Crippen LogP contribution in [0.15, 0.2) is 18.2 Å². The molecule has 4 nitrogen and oxygen atoms in total. The maximum atomic E-state index is 8.96. The van der Waals surface area contributed by atoms with Gasteiger partial charge in [-0.3, -0.25) is 0 Å². The number of benzene rings is 1. The first-order valence-corrected chi connectivity index (χ1v) is 7.49. The molecular formula is C17H29NO3. The van der Waals surface area contributed by atoms with Gasteiger partial charge in [0, 0.05) is 24.8 Å². The van der Waals surface area contributed by atoms with Crippen molar-refractivity contribution in [2.45, 2.75) is 39.7 Å². The molecule has 1 aromatic carbocycles. The standard InChI is InChI=1S/C17H29NO3/c1-13(18-12-17(2,3)9-6-10-19)15-11-14(20-4)7-8-16(15)21-5/h7-8,11,13,18-19H,6,9-10,12H2,1-5H3. The lowest BCUT2D eigenvalue weighted by molar-refractivity contribution is 0.232. The van der Waals surface area contributed by atoms with Gasteiger partial charge in [0.2, 0.25) is 0 Å². The molecule has 1 unspecified atom stereocenters. The smallest absolute Gasteiger partial charge is 0.123 e. The second-order valence-electron chi connectivity index (χ2n) is 6.20. The zero-order valence-corrected chi connectivity index (χ0v) is 13.9. The largest absolute Gasteiger partial charge is 0.497 e. The summed E-state index contributed by atoms with van der Waals surface area (Å²) in [6.45, 7) is 7.69. The van der Waals surface area contributed by atoms with Crippen LogP contribution in [0.1, 0.15) is 45.2 Å². The fourth-order valence-corrected chi connectivity index (χ4v) is 2.36. The van der Waals surface area contributed by atoms with Crippen LogP contribution in [-0.4, -0.2) is 32.5 Å². The van der Waals surface area contributed by atoms with Gasteiger partial charge in [0.15, 0.2) is 0 Å². The summed E-state index contributed by atoms with van der Waals surface area (Å²) in [5.41, 5.74) is 1.25. The van der Waals surface area contributed by atoms with Gasteiger partial charge in [-0.2, -0.15) is 0 Å². The summed E-state index contributed by atoms with van der Waals surface area (Å²) in [4.78, 5) is 0. The highest BCUT2D eigenvalue weighted by atomic mass is 16.5. The minimum absolute atomic E-state index is 0.156. The third-order valence-corrected chi connectivity index (χ3v) is 3.80. The van der Waals surface area contributed by atoms with Gasteiger partial charge in [0.1, 0.15) is 11.5 Å². The normalized spacial score (nSPS) is 13.0. The molecule has 0 radical (unpaired) electrons. The predicted molar refractivity (Wildman–Crippen MR) is 86.1 cm³/mol. The number of aliphatic hydroxyl groups is 1. The average molecular weight is 295 g/mol. The highest BCUT2D eigenvalue weighted by molar-refractivity contribution is 5.42. The van der Waals surface area contributed by atoms with E-state index in [4.69, 9.17) is 14.6 Å². The number of ether oxygens (including phenoxy) is 2. The summed E-state index contributed by atoms with van der Waals surface area (Å²) in [6, 6.07) is 6.02. The average Bonchev–Trinajstić information content (AvgIpc) is 2.50. The Kier molecular flexibility index (Phi) is 6.99. The number of methoxy groups -OCH3 is 2. The van der Waals surface area contributed by atoms with Crippen LogP contribution < -0.4 is 14.8 Å². The molecule has 0 aromatic heterocycles. The van der Waals surface area contributed by atoms with E-state index in [1.165, 1.54) is 0 Å². The van der Waals surface area contributed by atoms with E-state index in [-0.39, 0.29) is 18.1 Å². The molecule has 0 aliphatic rings. The van der Waals surface area contributed by atoms with Crippen molar-refractivity contribution in [3.05, 3.63) is 23.8 Å². The summed E-state index contributed by atoms with van der Waals surface area (Å²) in [6.07, 6.45) is 1.84. The molecule has 2 N–H and O–H groups in total. The third kappa shape index (κ3) is 5.56. The summed E-state index contributed by atoms with van der Waals surface area (Å²) in [5.74, 6) is 1.70. The van der Waals surface area contributed by atoms with E-state index in [9.17, 15) is 0 Å². The minimum Gasteiger partial charge on any atom is -0.497 e. The van der Waals surface area contributed by atoms with Crippen LogP contribution in [0, 0.1) is 5.41 Å². The zero-order valence-electron chi connectivity index (χ0n) is 13.9. The highest BCUT2D eigenvalue weighted by Gasteiger charge is 2.20. The van der Waals surface area contributed by atoms with E-state index < -0.39 is 0 Å². The zero-order chi connectivity index (χ0) is 15.9. The summed E-state index contributed by atoms with van der Waals surface area (Å²) >= 11 is 0. The summed E-state index contributed by atoms with van der Waals surface area (Å²) in [7, 11) is 3.35. The Bertz CT molecular complexity index is 432. The Labute approximate surface area is 128 Å². The van der Waals surface area contributed by atoms with E-state index in [1.54, 1.807) is 14.2 Å². The number of hydrogen-bond acceptors (Lipinski definition) is 4. The molecule has 0 spiro atoms. The predicted octanol–water partition coefficient (Wildman–Crippen LogP) is 3.15. The first-order chi connectivity index (χ1) is 9.93. The molecule has 0 amide bonds. The lowest BCUT2D eigenvalue weighted by Crippen LogP contribution is -2.31. The molecule has 21 heavy (non-hydrogen) atoms.